The summed E-state index contributed by atoms with van der Waals surface area (Å²) in [6.07, 6.45) is 0. The number of hydrogen-bond acceptors (Lipinski definition) is 3. The zero-order chi connectivity index (χ0) is 14.8. The van der Waals surface area contributed by atoms with Crippen LogP contribution in [0.15, 0.2) is 48.5 Å². The Labute approximate surface area is 121 Å². The second-order valence-electron chi connectivity index (χ2n) is 4.76. The van der Waals surface area contributed by atoms with E-state index in [-0.39, 0.29) is 0 Å². The van der Waals surface area contributed by atoms with E-state index in [2.05, 4.69) is 4.98 Å². The van der Waals surface area contributed by atoms with Crippen molar-refractivity contribution in [2.45, 2.75) is 6.92 Å². The van der Waals surface area contributed by atoms with Gasteiger partial charge in [0.1, 0.15) is 5.52 Å². The molecule has 3 rings (SSSR count). The molecular formula is C16H14N2O3. The SMILES string of the molecule is Cc1ccc2nc(-c3ccccc3)n(OCC(=O)O)c2c1. The number of benzene rings is 2. The molecule has 0 radical (unpaired) electrons. The lowest BCUT2D eigenvalue weighted by atomic mass is 10.2. The summed E-state index contributed by atoms with van der Waals surface area (Å²) in [4.78, 5) is 20.7. The number of aryl methyl sites for hydroxylation is 1. The van der Waals surface area contributed by atoms with E-state index in [0.29, 0.717) is 5.82 Å². The molecule has 0 spiro atoms. The molecule has 1 N–H and O–H groups in total. The van der Waals surface area contributed by atoms with Gasteiger partial charge >= 0.3 is 5.97 Å². The van der Waals surface area contributed by atoms with Crippen LogP contribution in [0, 0.1) is 6.92 Å². The van der Waals surface area contributed by atoms with Crippen molar-refractivity contribution in [1.29, 1.82) is 0 Å². The van der Waals surface area contributed by atoms with Crippen molar-refractivity contribution < 1.29 is 14.7 Å². The first-order valence-electron chi connectivity index (χ1n) is 6.55. The first kappa shape index (κ1) is 13.2. The van der Waals surface area contributed by atoms with Gasteiger partial charge in [-0.1, -0.05) is 36.4 Å². The molecule has 0 amide bonds. The Morgan fingerprint density at radius 1 is 1.24 bits per heavy atom. The molecule has 0 saturated heterocycles. The van der Waals surface area contributed by atoms with Crippen LogP contribution < -0.4 is 4.84 Å². The Morgan fingerprint density at radius 3 is 2.71 bits per heavy atom. The Hall–Kier alpha value is -2.82. The highest BCUT2D eigenvalue weighted by atomic mass is 16.7. The highest BCUT2D eigenvalue weighted by Crippen LogP contribution is 2.24. The van der Waals surface area contributed by atoms with Gasteiger partial charge in [-0.15, -0.1) is 0 Å². The lowest BCUT2D eigenvalue weighted by Gasteiger charge is -2.09. The van der Waals surface area contributed by atoms with Gasteiger partial charge in [-0.25, -0.2) is 9.78 Å². The van der Waals surface area contributed by atoms with E-state index in [1.165, 1.54) is 4.73 Å². The minimum Gasteiger partial charge on any atom is -0.479 e. The molecule has 0 bridgehead atoms. The molecule has 5 heteroatoms. The quantitative estimate of drug-likeness (QED) is 0.798. The van der Waals surface area contributed by atoms with Gasteiger partial charge in [-0.3, -0.25) is 0 Å². The molecule has 0 atom stereocenters. The van der Waals surface area contributed by atoms with Crippen LogP contribution >= 0.6 is 0 Å². The normalized spacial score (nSPS) is 10.7. The standard InChI is InChI=1S/C16H14N2O3/c1-11-7-8-13-14(9-11)18(21-10-15(19)20)16(17-13)12-5-3-2-4-6-12/h2-9H,10H2,1H3,(H,19,20). The summed E-state index contributed by atoms with van der Waals surface area (Å²) in [5.74, 6) is -0.430. The Kier molecular flexibility index (Phi) is 3.31. The number of rotatable bonds is 4. The fourth-order valence-electron chi connectivity index (χ4n) is 2.18. The molecular weight excluding hydrogens is 268 g/mol. The molecule has 0 aliphatic heterocycles. The minimum atomic E-state index is -1.02. The van der Waals surface area contributed by atoms with E-state index >= 15 is 0 Å². The number of fused-ring (bicyclic) bond motifs is 1. The molecule has 21 heavy (non-hydrogen) atoms. The Bertz CT molecular complexity index is 794. The van der Waals surface area contributed by atoms with Crippen molar-refractivity contribution in [3.05, 3.63) is 54.1 Å². The number of aliphatic carboxylic acids is 1. The number of carbonyl (C=O) groups is 1. The highest BCUT2D eigenvalue weighted by Gasteiger charge is 2.14. The van der Waals surface area contributed by atoms with Crippen molar-refractivity contribution >= 4 is 17.0 Å². The third-order valence-electron chi connectivity index (χ3n) is 3.12. The molecule has 3 aromatic rings. The summed E-state index contributed by atoms with van der Waals surface area (Å²) in [6.45, 7) is 1.55. The molecule has 0 aliphatic rings. The molecule has 5 nitrogen and oxygen atoms in total. The van der Waals surface area contributed by atoms with E-state index in [0.717, 1.165) is 22.2 Å². The first-order chi connectivity index (χ1) is 10.1. The summed E-state index contributed by atoms with van der Waals surface area (Å²) < 4.78 is 1.49. The summed E-state index contributed by atoms with van der Waals surface area (Å²) >= 11 is 0. The maximum absolute atomic E-state index is 10.8. The summed E-state index contributed by atoms with van der Waals surface area (Å²) in [5.41, 5.74) is 3.46. The Morgan fingerprint density at radius 2 is 2.00 bits per heavy atom. The van der Waals surface area contributed by atoms with E-state index in [1.54, 1.807) is 0 Å². The van der Waals surface area contributed by atoms with Crippen molar-refractivity contribution in [2.75, 3.05) is 6.61 Å². The Balaban J connectivity index is 2.18. The van der Waals surface area contributed by atoms with Crippen LogP contribution in [0.2, 0.25) is 0 Å². The fraction of sp³-hybridized carbons (Fsp3) is 0.125. The average Bonchev–Trinajstić information content (AvgIpc) is 2.84. The molecule has 1 aromatic heterocycles. The van der Waals surface area contributed by atoms with Gasteiger partial charge < -0.3 is 9.94 Å². The minimum absolute atomic E-state index is 0.417. The first-order valence-corrected chi connectivity index (χ1v) is 6.55. The number of carboxylic acid groups (broad SMARTS) is 1. The largest absolute Gasteiger partial charge is 0.479 e. The molecule has 0 saturated carbocycles. The van der Waals surface area contributed by atoms with Gasteiger partial charge in [0.25, 0.3) is 0 Å². The number of imidazole rings is 1. The van der Waals surface area contributed by atoms with E-state index in [4.69, 9.17) is 9.94 Å². The maximum atomic E-state index is 10.8. The summed E-state index contributed by atoms with van der Waals surface area (Å²) in [5, 5.41) is 8.84. The van der Waals surface area contributed by atoms with Gasteiger partial charge in [-0.05, 0) is 24.6 Å². The van der Waals surface area contributed by atoms with Crippen molar-refractivity contribution in [2.24, 2.45) is 0 Å². The number of nitrogens with zero attached hydrogens (tertiary/aromatic N) is 2. The average molecular weight is 282 g/mol. The highest BCUT2D eigenvalue weighted by molar-refractivity contribution is 5.81. The lowest BCUT2D eigenvalue weighted by Crippen LogP contribution is -2.20. The maximum Gasteiger partial charge on any atom is 0.344 e. The van der Waals surface area contributed by atoms with Crippen LogP contribution in [-0.2, 0) is 4.79 Å². The van der Waals surface area contributed by atoms with Crippen LogP contribution in [0.1, 0.15) is 5.56 Å². The monoisotopic (exact) mass is 282 g/mol. The van der Waals surface area contributed by atoms with Gasteiger partial charge in [0, 0.05) is 5.56 Å². The van der Waals surface area contributed by atoms with Crippen LogP contribution in [0.25, 0.3) is 22.4 Å². The van der Waals surface area contributed by atoms with Crippen molar-refractivity contribution in [3.8, 4) is 11.4 Å². The molecule has 0 aliphatic carbocycles. The zero-order valence-corrected chi connectivity index (χ0v) is 11.5. The van der Waals surface area contributed by atoms with Gasteiger partial charge in [0.05, 0.1) is 5.52 Å². The molecule has 106 valence electrons. The van der Waals surface area contributed by atoms with E-state index in [9.17, 15) is 4.79 Å². The lowest BCUT2D eigenvalue weighted by molar-refractivity contribution is -0.142. The third-order valence-corrected chi connectivity index (χ3v) is 3.12. The van der Waals surface area contributed by atoms with Crippen LogP contribution in [0.4, 0.5) is 0 Å². The van der Waals surface area contributed by atoms with Gasteiger partial charge in [0.2, 0.25) is 6.61 Å². The van der Waals surface area contributed by atoms with Crippen LogP contribution in [0.3, 0.4) is 0 Å². The predicted octanol–water partition coefficient (Wildman–Crippen LogP) is 2.52. The second kappa shape index (κ2) is 5.28. The molecule has 2 aromatic carbocycles. The van der Waals surface area contributed by atoms with Gasteiger partial charge in [0.15, 0.2) is 5.82 Å². The van der Waals surface area contributed by atoms with Crippen molar-refractivity contribution in [1.82, 2.24) is 9.71 Å². The van der Waals surface area contributed by atoms with Crippen molar-refractivity contribution in [3.63, 3.8) is 0 Å². The van der Waals surface area contributed by atoms with E-state index in [1.807, 2.05) is 55.5 Å². The molecule has 0 unspecified atom stereocenters. The molecule has 1 heterocycles. The summed E-state index contributed by atoms with van der Waals surface area (Å²) in [7, 11) is 0. The predicted molar refractivity (Wildman–Crippen MR) is 79.0 cm³/mol. The van der Waals surface area contributed by atoms with E-state index < -0.39 is 12.6 Å². The number of aromatic nitrogens is 2. The smallest absolute Gasteiger partial charge is 0.344 e. The molecule has 0 fully saturated rings. The fourth-order valence-corrected chi connectivity index (χ4v) is 2.18. The summed E-state index contributed by atoms with van der Waals surface area (Å²) in [6, 6.07) is 15.3. The van der Waals surface area contributed by atoms with Crippen LogP contribution in [-0.4, -0.2) is 27.4 Å². The second-order valence-corrected chi connectivity index (χ2v) is 4.76. The third kappa shape index (κ3) is 2.58. The van der Waals surface area contributed by atoms with Crippen LogP contribution in [0.5, 0.6) is 0 Å². The zero-order valence-electron chi connectivity index (χ0n) is 11.5. The van der Waals surface area contributed by atoms with Gasteiger partial charge in [-0.2, -0.15) is 4.73 Å². The number of hydrogen-bond donors (Lipinski definition) is 1. The topological polar surface area (TPSA) is 64.4 Å². The number of carboxylic acids is 1.